The Morgan fingerprint density at radius 2 is 1.06 bits per heavy atom. The topological polar surface area (TPSA) is 284 Å². The van der Waals surface area contributed by atoms with Crippen LogP contribution in [-0.4, -0.2) is 93.8 Å². The quantitative estimate of drug-likeness (QED) is 0.0231. The van der Waals surface area contributed by atoms with E-state index in [1.165, 1.54) is 24.3 Å². The van der Waals surface area contributed by atoms with Crippen molar-refractivity contribution in [3.63, 3.8) is 0 Å². The van der Waals surface area contributed by atoms with Crippen molar-refractivity contribution in [2.45, 2.75) is 50.3 Å². The summed E-state index contributed by atoms with van der Waals surface area (Å²) in [6, 6.07) is 34.9. The van der Waals surface area contributed by atoms with E-state index in [2.05, 4.69) is 30.8 Å². The molecule has 4 N–H and O–H groups in total. The van der Waals surface area contributed by atoms with Gasteiger partial charge in [-0.1, -0.05) is 103 Å². The van der Waals surface area contributed by atoms with Gasteiger partial charge in [-0.05, 0) is 121 Å². The van der Waals surface area contributed by atoms with E-state index in [1.807, 2.05) is 13.8 Å². The van der Waals surface area contributed by atoms with Gasteiger partial charge in [0, 0.05) is 38.6 Å². The molecule has 0 aliphatic rings. The van der Waals surface area contributed by atoms with Gasteiger partial charge in [-0.15, -0.1) is 15.3 Å². The van der Waals surface area contributed by atoms with Crippen LogP contribution >= 0.6 is 23.2 Å². The molecule has 0 saturated carbocycles. The molecule has 392 valence electrons. The average Bonchev–Trinajstić information content (AvgIpc) is 3.38. The third kappa shape index (κ3) is 14.1. The fourth-order valence-corrected chi connectivity index (χ4v) is 9.73. The van der Waals surface area contributed by atoms with Crippen LogP contribution in [0.1, 0.15) is 54.7 Å². The maximum absolute atomic E-state index is 13.5. The molecule has 23 heteroatoms. The first-order chi connectivity index (χ1) is 36.3. The number of carbonyl (C=O) groups excluding carboxylic acids is 1. The van der Waals surface area contributed by atoms with E-state index in [1.54, 1.807) is 111 Å². The molecule has 1 amide bonds. The maximum Gasteiger partial charge on any atom is 2.00 e. The van der Waals surface area contributed by atoms with Gasteiger partial charge in [0.25, 0.3) is 26.1 Å². The summed E-state index contributed by atoms with van der Waals surface area (Å²) >= 11 is 12.5. The summed E-state index contributed by atoms with van der Waals surface area (Å²) in [5, 5.41) is 59.2. The van der Waals surface area contributed by atoms with Crippen LogP contribution < -0.4 is 25.0 Å². The van der Waals surface area contributed by atoms with Crippen LogP contribution in [-0.2, 0) is 33.1 Å². The van der Waals surface area contributed by atoms with Crippen molar-refractivity contribution in [3.05, 3.63) is 166 Å². The predicted octanol–water partition coefficient (Wildman–Crippen LogP) is 12.3. The Morgan fingerprint density at radius 1 is 0.597 bits per heavy atom. The number of aliphatic imine (C=N–C) groups is 1. The zero-order valence-electron chi connectivity index (χ0n) is 41.6. The number of phenols is 1. The van der Waals surface area contributed by atoms with Gasteiger partial charge in [0.2, 0.25) is 0 Å². The van der Waals surface area contributed by atoms with Gasteiger partial charge >= 0.3 is 37.7 Å². The number of carbonyl (C=O) groups is 1. The number of rotatable bonds is 16. The van der Waals surface area contributed by atoms with Gasteiger partial charge in [0.15, 0.2) is 5.75 Å². The number of nitrogens with one attached hydrogen (secondary N) is 1. The van der Waals surface area contributed by atoms with Crippen molar-refractivity contribution in [1.82, 2.24) is 0 Å². The first-order valence-corrected chi connectivity index (χ1v) is 26.8. The predicted molar refractivity (Wildman–Crippen MR) is 294 cm³/mol. The molecule has 0 heterocycles. The van der Waals surface area contributed by atoms with Gasteiger partial charge < -0.3 is 30.1 Å². The van der Waals surface area contributed by atoms with E-state index in [0.717, 1.165) is 12.1 Å². The molecule has 8 aromatic rings. The SMILES string of the molecule is CCOc1cccc(N=C([O-])c2cc3ccccc3c(N=Nc3c(S(=O)(=O)O)ccc(Cl)c3CC)c2[O-])c1.CCOc1cccc(NC(=O)c2cc3ccccc3c(N=Nc3c(S(=O)(=O)O)ccc(Cl)c3CC)c2O)c1.[Ca+2]. The van der Waals surface area contributed by atoms with E-state index in [9.17, 15) is 46.1 Å². The molecule has 0 spiro atoms. The first-order valence-electron chi connectivity index (χ1n) is 23.2. The molecular formula is C54H46CaCl2N6O12S2. The van der Waals surface area contributed by atoms with Crippen LogP contribution in [0.25, 0.3) is 21.5 Å². The Morgan fingerprint density at radius 3 is 1.58 bits per heavy atom. The van der Waals surface area contributed by atoms with Crippen molar-refractivity contribution >= 4 is 149 Å². The molecule has 0 fully saturated rings. The number of hydrogen-bond donors (Lipinski definition) is 4. The van der Waals surface area contributed by atoms with Gasteiger partial charge in [-0.25, -0.2) is 0 Å². The van der Waals surface area contributed by atoms with E-state index in [4.69, 9.17) is 32.7 Å². The van der Waals surface area contributed by atoms with Crippen molar-refractivity contribution in [3.8, 4) is 23.0 Å². The van der Waals surface area contributed by atoms with Gasteiger partial charge in [-0.3, -0.25) is 18.9 Å². The number of aromatic hydroxyl groups is 1. The van der Waals surface area contributed by atoms with Gasteiger partial charge in [0.1, 0.15) is 38.4 Å². The number of nitrogens with zero attached hydrogens (tertiary/aromatic N) is 5. The van der Waals surface area contributed by atoms with E-state index in [-0.39, 0.29) is 88.1 Å². The van der Waals surface area contributed by atoms with Crippen LogP contribution in [0.5, 0.6) is 23.0 Å². The Bertz CT molecular complexity index is 3860. The van der Waals surface area contributed by atoms with Crippen molar-refractivity contribution < 1.29 is 55.5 Å². The van der Waals surface area contributed by atoms with Crippen LogP contribution in [0, 0.1) is 0 Å². The number of hydrogen-bond acceptors (Lipinski definition) is 15. The summed E-state index contributed by atoms with van der Waals surface area (Å²) < 4.78 is 78.3. The number of fused-ring (bicyclic) bond motifs is 2. The number of ether oxygens (including phenoxy) is 2. The molecule has 77 heavy (non-hydrogen) atoms. The summed E-state index contributed by atoms with van der Waals surface area (Å²) in [5.74, 6) is -1.49. The summed E-state index contributed by atoms with van der Waals surface area (Å²) in [6.07, 6.45) is 0.576. The van der Waals surface area contributed by atoms with E-state index < -0.39 is 53.3 Å². The fraction of sp³-hybridized carbons (Fsp3) is 0.148. The van der Waals surface area contributed by atoms with Gasteiger partial charge in [0.05, 0.1) is 30.2 Å². The number of azo groups is 2. The third-order valence-electron chi connectivity index (χ3n) is 11.3. The number of phenolic OH excluding ortho intramolecular Hbond substituents is 1. The molecule has 0 saturated heterocycles. The second-order valence-corrected chi connectivity index (χ2v) is 19.8. The molecule has 0 aliphatic carbocycles. The summed E-state index contributed by atoms with van der Waals surface area (Å²) in [5.41, 5.74) is 0.520. The number of anilines is 1. The molecule has 0 bridgehead atoms. The monoisotopic (exact) mass is 1140 g/mol. The maximum atomic E-state index is 13.5. The molecule has 0 atom stereocenters. The molecule has 8 rings (SSSR count). The molecule has 18 nitrogen and oxygen atoms in total. The first kappa shape index (κ1) is 59.5. The molecule has 0 unspecified atom stereocenters. The molecular weight excluding hydrogens is 1100 g/mol. The second-order valence-electron chi connectivity index (χ2n) is 16.2. The normalized spacial score (nSPS) is 11.9. The number of benzene rings is 8. The molecule has 0 aliphatic heterocycles. The third-order valence-corrected chi connectivity index (χ3v) is 13.8. The minimum atomic E-state index is -4.67. The summed E-state index contributed by atoms with van der Waals surface area (Å²) in [7, 11) is -9.33. The zero-order chi connectivity index (χ0) is 54.9. The summed E-state index contributed by atoms with van der Waals surface area (Å²) in [6.45, 7) is 8.04. The van der Waals surface area contributed by atoms with Crippen LogP contribution in [0.2, 0.25) is 10.0 Å². The van der Waals surface area contributed by atoms with Crippen LogP contribution in [0.4, 0.5) is 34.1 Å². The Balaban J connectivity index is 0.000000246. The molecule has 0 aromatic heterocycles. The second kappa shape index (κ2) is 26.1. The Kier molecular flexibility index (Phi) is 20.2. The van der Waals surface area contributed by atoms with Crippen LogP contribution in [0.3, 0.4) is 0 Å². The Labute approximate surface area is 483 Å². The van der Waals surface area contributed by atoms with Crippen molar-refractivity contribution in [1.29, 1.82) is 0 Å². The van der Waals surface area contributed by atoms with Crippen molar-refractivity contribution in [2.24, 2.45) is 25.4 Å². The van der Waals surface area contributed by atoms with Gasteiger partial charge in [-0.2, -0.15) is 21.9 Å². The number of halogens is 2. The fourth-order valence-electron chi connectivity index (χ4n) is 7.86. The average molecular weight is 1150 g/mol. The minimum absolute atomic E-state index is 0. The number of amides is 1. The largest absolute Gasteiger partial charge is 2.00 e. The van der Waals surface area contributed by atoms with E-state index in [0.29, 0.717) is 75.2 Å². The standard InChI is InChI=1S/2C27H24ClN3O6S.Ca/c2*1-3-19-22(28)12-13-23(38(34,35)36)24(19)30-31-25-20-11-6-5-8-16(20)14-21(26(25)32)27(33)29-17-9-7-10-18(15-17)37-4-2;/h2*5-15,32H,3-4H2,1-2H3,(H,29,33)(H,34,35,36);/q;;+2/p-2. The summed E-state index contributed by atoms with van der Waals surface area (Å²) in [4.78, 5) is 16.3. The minimum Gasteiger partial charge on any atom is -0.871 e. The van der Waals surface area contributed by atoms with E-state index >= 15 is 0 Å². The molecule has 0 radical (unpaired) electrons. The van der Waals surface area contributed by atoms with Crippen molar-refractivity contribution in [2.75, 3.05) is 18.5 Å². The zero-order valence-corrected chi connectivity index (χ0v) is 46.9. The smallest absolute Gasteiger partial charge is 0.871 e. The Hall–Kier alpha value is -6.72. The molecule has 8 aromatic carbocycles. The van der Waals surface area contributed by atoms with Crippen LogP contribution in [0.15, 0.2) is 169 Å².